The van der Waals surface area contributed by atoms with E-state index in [-0.39, 0.29) is 5.75 Å². The van der Waals surface area contributed by atoms with E-state index in [1.54, 1.807) is 6.07 Å². The highest BCUT2D eigenvalue weighted by atomic mass is 16.3. The lowest BCUT2D eigenvalue weighted by Gasteiger charge is -2.18. The van der Waals surface area contributed by atoms with Crippen LogP contribution in [0.4, 0.5) is 0 Å². The minimum atomic E-state index is 0.278. The Morgan fingerprint density at radius 3 is 1.22 bits per heavy atom. The second-order valence-corrected chi connectivity index (χ2v) is 6.37. The molecule has 0 radical (unpaired) electrons. The summed E-state index contributed by atoms with van der Waals surface area (Å²) in [7, 11) is 0. The van der Waals surface area contributed by atoms with Gasteiger partial charge in [-0.25, -0.2) is 0 Å². The van der Waals surface area contributed by atoms with Gasteiger partial charge in [-0.2, -0.15) is 0 Å². The van der Waals surface area contributed by atoms with Gasteiger partial charge in [-0.05, 0) is 28.3 Å². The zero-order chi connectivity index (χ0) is 18.5. The standard InChI is InChI=1S/C26H20O/c27-24-19-11-10-18-23(24)26(22-16-8-3-9-17-22)25(20-12-4-1-5-13-20)21-14-6-2-7-15-21/h1-19,27H. The van der Waals surface area contributed by atoms with Gasteiger partial charge < -0.3 is 5.11 Å². The Kier molecular flexibility index (Phi) is 4.84. The van der Waals surface area contributed by atoms with Gasteiger partial charge >= 0.3 is 0 Å². The van der Waals surface area contributed by atoms with E-state index in [0.717, 1.165) is 33.4 Å². The summed E-state index contributed by atoms with van der Waals surface area (Å²) in [4.78, 5) is 0. The summed E-state index contributed by atoms with van der Waals surface area (Å²) < 4.78 is 0. The van der Waals surface area contributed by atoms with Gasteiger partial charge in [0.2, 0.25) is 0 Å². The first kappa shape index (κ1) is 16.9. The minimum Gasteiger partial charge on any atom is -0.507 e. The maximum absolute atomic E-state index is 10.7. The summed E-state index contributed by atoms with van der Waals surface area (Å²) in [6, 6.07) is 38.5. The first-order chi connectivity index (χ1) is 13.3. The van der Waals surface area contributed by atoms with Crippen molar-refractivity contribution in [3.63, 3.8) is 0 Å². The van der Waals surface area contributed by atoms with Crippen LogP contribution in [-0.4, -0.2) is 5.11 Å². The second kappa shape index (κ2) is 7.76. The van der Waals surface area contributed by atoms with Crippen molar-refractivity contribution in [1.29, 1.82) is 0 Å². The fourth-order valence-corrected chi connectivity index (χ4v) is 3.39. The molecule has 0 aliphatic carbocycles. The highest BCUT2D eigenvalue weighted by Crippen LogP contribution is 2.39. The van der Waals surface area contributed by atoms with Crippen LogP contribution in [0.3, 0.4) is 0 Å². The lowest BCUT2D eigenvalue weighted by Crippen LogP contribution is -1.97. The average molecular weight is 348 g/mol. The molecule has 27 heavy (non-hydrogen) atoms. The maximum Gasteiger partial charge on any atom is 0.123 e. The van der Waals surface area contributed by atoms with Gasteiger partial charge in [-0.3, -0.25) is 0 Å². The van der Waals surface area contributed by atoms with Crippen LogP contribution in [0, 0.1) is 0 Å². The maximum atomic E-state index is 10.7. The predicted octanol–water partition coefficient (Wildman–Crippen LogP) is 6.40. The molecule has 0 saturated heterocycles. The molecule has 0 aliphatic heterocycles. The highest BCUT2D eigenvalue weighted by Gasteiger charge is 2.17. The van der Waals surface area contributed by atoms with Crippen molar-refractivity contribution in [2.24, 2.45) is 0 Å². The first-order valence-electron chi connectivity index (χ1n) is 9.03. The van der Waals surface area contributed by atoms with Crippen molar-refractivity contribution in [3.8, 4) is 5.75 Å². The zero-order valence-electron chi connectivity index (χ0n) is 14.9. The van der Waals surface area contributed by atoms with Crippen molar-refractivity contribution in [2.45, 2.75) is 0 Å². The summed E-state index contributed by atoms with van der Waals surface area (Å²) in [5.41, 5.74) is 6.25. The molecule has 1 N–H and O–H groups in total. The Labute approximate surface area is 159 Å². The Morgan fingerprint density at radius 1 is 0.407 bits per heavy atom. The zero-order valence-corrected chi connectivity index (χ0v) is 14.9. The third-order valence-corrected chi connectivity index (χ3v) is 4.61. The van der Waals surface area contributed by atoms with Gasteiger partial charge in [-0.1, -0.05) is 109 Å². The van der Waals surface area contributed by atoms with Crippen LogP contribution in [0.1, 0.15) is 22.3 Å². The molecule has 0 fully saturated rings. The molecule has 0 bridgehead atoms. The highest BCUT2D eigenvalue weighted by molar-refractivity contribution is 6.05. The van der Waals surface area contributed by atoms with Gasteiger partial charge in [0, 0.05) is 11.1 Å². The molecule has 0 amide bonds. The Balaban J connectivity index is 2.12. The van der Waals surface area contributed by atoms with Crippen LogP contribution in [0.15, 0.2) is 115 Å². The number of phenols is 1. The molecule has 130 valence electrons. The molecule has 4 rings (SSSR count). The smallest absolute Gasteiger partial charge is 0.123 e. The molecule has 0 heterocycles. The van der Waals surface area contributed by atoms with Crippen LogP contribution >= 0.6 is 0 Å². The van der Waals surface area contributed by atoms with E-state index < -0.39 is 0 Å². The van der Waals surface area contributed by atoms with Gasteiger partial charge in [0.1, 0.15) is 5.75 Å². The third kappa shape index (κ3) is 3.54. The second-order valence-electron chi connectivity index (χ2n) is 6.37. The lowest BCUT2D eigenvalue weighted by atomic mass is 9.85. The van der Waals surface area contributed by atoms with E-state index in [1.807, 2.05) is 72.8 Å². The molecule has 1 heteroatoms. The quantitative estimate of drug-likeness (QED) is 0.423. The normalized spacial score (nSPS) is 10.4. The molecule has 0 unspecified atom stereocenters. The summed E-state index contributed by atoms with van der Waals surface area (Å²) in [5, 5.41) is 10.7. The van der Waals surface area contributed by atoms with Crippen molar-refractivity contribution >= 4 is 11.1 Å². The molecule has 0 aliphatic rings. The Morgan fingerprint density at radius 2 is 0.778 bits per heavy atom. The number of para-hydroxylation sites is 1. The van der Waals surface area contributed by atoms with E-state index in [2.05, 4.69) is 36.4 Å². The van der Waals surface area contributed by atoms with Gasteiger partial charge in [0.25, 0.3) is 0 Å². The lowest BCUT2D eigenvalue weighted by molar-refractivity contribution is 0.473. The van der Waals surface area contributed by atoms with Gasteiger partial charge in [0.15, 0.2) is 0 Å². The van der Waals surface area contributed by atoms with E-state index in [0.29, 0.717) is 0 Å². The number of aromatic hydroxyl groups is 1. The molecule has 0 saturated carbocycles. The van der Waals surface area contributed by atoms with Gasteiger partial charge in [0.05, 0.1) is 0 Å². The largest absolute Gasteiger partial charge is 0.507 e. The molecule has 4 aromatic rings. The van der Waals surface area contributed by atoms with Crippen LogP contribution < -0.4 is 0 Å². The van der Waals surface area contributed by atoms with Crippen LogP contribution in [0.2, 0.25) is 0 Å². The number of hydrogen-bond acceptors (Lipinski definition) is 1. The van der Waals surface area contributed by atoms with Crippen molar-refractivity contribution < 1.29 is 5.11 Å². The molecule has 1 nitrogen and oxygen atoms in total. The summed E-state index contributed by atoms with van der Waals surface area (Å²) in [5.74, 6) is 0.278. The Bertz CT molecular complexity index is 1010. The van der Waals surface area contributed by atoms with E-state index >= 15 is 0 Å². The van der Waals surface area contributed by atoms with Gasteiger partial charge in [-0.15, -0.1) is 0 Å². The third-order valence-electron chi connectivity index (χ3n) is 4.61. The summed E-state index contributed by atoms with van der Waals surface area (Å²) in [6.07, 6.45) is 0. The molecule has 0 atom stereocenters. The van der Waals surface area contributed by atoms with Crippen LogP contribution in [-0.2, 0) is 0 Å². The van der Waals surface area contributed by atoms with Crippen molar-refractivity contribution in [2.75, 3.05) is 0 Å². The van der Waals surface area contributed by atoms with E-state index in [9.17, 15) is 5.11 Å². The first-order valence-corrected chi connectivity index (χ1v) is 9.03. The topological polar surface area (TPSA) is 20.2 Å². The molecular formula is C26H20O. The fraction of sp³-hybridized carbons (Fsp3) is 0. The number of benzene rings is 4. The monoisotopic (exact) mass is 348 g/mol. The molecule has 0 aromatic heterocycles. The summed E-state index contributed by atoms with van der Waals surface area (Å²) in [6.45, 7) is 0. The molecule has 4 aromatic carbocycles. The van der Waals surface area contributed by atoms with Crippen LogP contribution in [0.25, 0.3) is 11.1 Å². The summed E-state index contributed by atoms with van der Waals surface area (Å²) >= 11 is 0. The van der Waals surface area contributed by atoms with E-state index in [4.69, 9.17) is 0 Å². The number of phenolic OH excluding ortho intramolecular Hbond substituents is 1. The number of hydrogen-bond donors (Lipinski definition) is 1. The molecular weight excluding hydrogens is 328 g/mol. The van der Waals surface area contributed by atoms with Crippen LogP contribution in [0.5, 0.6) is 5.75 Å². The molecule has 0 spiro atoms. The van der Waals surface area contributed by atoms with Crippen molar-refractivity contribution in [1.82, 2.24) is 0 Å². The number of rotatable bonds is 4. The SMILES string of the molecule is Oc1ccccc1C(=C(c1ccccc1)c1ccccc1)c1ccccc1. The minimum absolute atomic E-state index is 0.278. The van der Waals surface area contributed by atoms with E-state index in [1.165, 1.54) is 0 Å². The average Bonchev–Trinajstić information content (AvgIpc) is 2.74. The predicted molar refractivity (Wildman–Crippen MR) is 112 cm³/mol. The Hall–Kier alpha value is -3.58. The van der Waals surface area contributed by atoms with Crippen molar-refractivity contribution in [3.05, 3.63) is 138 Å². The fourth-order valence-electron chi connectivity index (χ4n) is 3.39.